The second-order valence-corrected chi connectivity index (χ2v) is 8.47. The quantitative estimate of drug-likeness (QED) is 0.353. The number of benzene rings is 3. The predicted octanol–water partition coefficient (Wildman–Crippen LogP) is 4.99. The summed E-state index contributed by atoms with van der Waals surface area (Å²) in [5, 5.41) is 14.2. The van der Waals surface area contributed by atoms with E-state index in [9.17, 15) is 4.79 Å². The van der Waals surface area contributed by atoms with Gasteiger partial charge in [0.25, 0.3) is 0 Å². The number of rotatable bonds is 9. The number of carbonyl (C=O) groups is 1. The zero-order valence-corrected chi connectivity index (χ0v) is 19.7. The number of hydrogen-bond donors (Lipinski definition) is 1. The number of hydrogen-bond acceptors (Lipinski definition) is 6. The summed E-state index contributed by atoms with van der Waals surface area (Å²) in [5.41, 5.74) is 1.87. The Balaban J connectivity index is 1.33. The lowest BCUT2D eigenvalue weighted by Crippen LogP contribution is -2.14. The van der Waals surface area contributed by atoms with E-state index in [1.807, 2.05) is 86.1 Å². The molecule has 0 fully saturated rings. The van der Waals surface area contributed by atoms with Gasteiger partial charge < -0.3 is 19.4 Å². The number of nitrogens with zero attached hydrogens (tertiary/aromatic N) is 3. The van der Waals surface area contributed by atoms with Crippen molar-refractivity contribution in [2.24, 2.45) is 7.05 Å². The first-order chi connectivity index (χ1) is 16.0. The molecule has 0 unspecified atom stereocenters. The summed E-state index contributed by atoms with van der Waals surface area (Å²) in [6, 6.07) is 19.7. The molecule has 0 radical (unpaired) electrons. The van der Waals surface area contributed by atoms with E-state index in [0.29, 0.717) is 29.1 Å². The Morgan fingerprint density at radius 3 is 2.64 bits per heavy atom. The molecule has 170 valence electrons. The molecule has 0 aliphatic heterocycles. The maximum atomic E-state index is 12.4. The molecule has 0 spiro atoms. The molecule has 8 heteroatoms. The second-order valence-electron chi connectivity index (χ2n) is 7.53. The van der Waals surface area contributed by atoms with Crippen LogP contribution in [0.15, 0.2) is 65.8 Å². The van der Waals surface area contributed by atoms with Gasteiger partial charge in [0.1, 0.15) is 6.61 Å². The molecule has 1 amide bonds. The zero-order valence-electron chi connectivity index (χ0n) is 18.9. The average Bonchev–Trinajstić information content (AvgIpc) is 3.16. The minimum Gasteiger partial charge on any atom is -0.490 e. The Hall–Kier alpha value is -3.52. The molecule has 0 bridgehead atoms. The van der Waals surface area contributed by atoms with Crippen molar-refractivity contribution >= 4 is 34.1 Å². The minimum absolute atomic E-state index is 0.0999. The van der Waals surface area contributed by atoms with Crippen molar-refractivity contribution in [3.8, 4) is 11.5 Å². The Morgan fingerprint density at radius 2 is 1.82 bits per heavy atom. The second kappa shape index (κ2) is 10.4. The minimum atomic E-state index is -0.0999. The lowest BCUT2D eigenvalue weighted by atomic mass is 10.1. The van der Waals surface area contributed by atoms with Crippen LogP contribution in [0.1, 0.15) is 18.3 Å². The first kappa shape index (κ1) is 22.7. The van der Waals surface area contributed by atoms with Crippen LogP contribution in [-0.4, -0.2) is 33.0 Å². The number of thioether (sulfide) groups is 1. The SMILES string of the molecule is CCOc1cc(C)ccc1OCc1nnc(SCC(=O)Nc2ccc3ccccc3c2)n1C. The van der Waals surface area contributed by atoms with E-state index >= 15 is 0 Å². The van der Waals surface area contributed by atoms with Crippen molar-refractivity contribution in [3.63, 3.8) is 0 Å². The van der Waals surface area contributed by atoms with Crippen LogP contribution in [0.3, 0.4) is 0 Å². The number of amides is 1. The number of ether oxygens (including phenoxy) is 2. The van der Waals surface area contributed by atoms with E-state index in [1.54, 1.807) is 0 Å². The van der Waals surface area contributed by atoms with Crippen LogP contribution in [0.2, 0.25) is 0 Å². The van der Waals surface area contributed by atoms with Crippen LogP contribution in [0.25, 0.3) is 10.8 Å². The molecule has 33 heavy (non-hydrogen) atoms. The standard InChI is InChI=1S/C25H26N4O3S/c1-4-31-22-13-17(2)9-12-21(22)32-15-23-27-28-25(29(23)3)33-16-24(30)26-20-11-10-18-7-5-6-8-19(18)14-20/h5-14H,4,15-16H2,1-3H3,(H,26,30). The number of aryl methyl sites for hydroxylation is 1. The fraction of sp³-hybridized carbons (Fsp3) is 0.240. The molecule has 1 heterocycles. The van der Waals surface area contributed by atoms with Gasteiger partial charge in [-0.05, 0) is 54.4 Å². The lowest BCUT2D eigenvalue weighted by Gasteiger charge is -2.12. The molecular weight excluding hydrogens is 436 g/mol. The molecule has 0 atom stereocenters. The first-order valence-electron chi connectivity index (χ1n) is 10.7. The van der Waals surface area contributed by atoms with Gasteiger partial charge in [-0.15, -0.1) is 10.2 Å². The highest BCUT2D eigenvalue weighted by Gasteiger charge is 2.14. The predicted molar refractivity (Wildman–Crippen MR) is 131 cm³/mol. The van der Waals surface area contributed by atoms with E-state index in [1.165, 1.54) is 11.8 Å². The Kier molecular flexibility index (Phi) is 7.14. The van der Waals surface area contributed by atoms with Crippen LogP contribution in [-0.2, 0) is 18.4 Å². The van der Waals surface area contributed by atoms with Gasteiger partial charge >= 0.3 is 0 Å². The molecule has 1 aromatic heterocycles. The molecule has 0 aliphatic carbocycles. The average molecular weight is 463 g/mol. The van der Waals surface area contributed by atoms with Gasteiger partial charge in [0.05, 0.1) is 12.4 Å². The van der Waals surface area contributed by atoms with E-state index in [4.69, 9.17) is 9.47 Å². The molecule has 3 aromatic carbocycles. The van der Waals surface area contributed by atoms with Crippen LogP contribution < -0.4 is 14.8 Å². The summed E-state index contributed by atoms with van der Waals surface area (Å²) in [4.78, 5) is 12.4. The smallest absolute Gasteiger partial charge is 0.234 e. The lowest BCUT2D eigenvalue weighted by molar-refractivity contribution is -0.113. The van der Waals surface area contributed by atoms with Gasteiger partial charge in [-0.3, -0.25) is 4.79 Å². The third-order valence-corrected chi connectivity index (χ3v) is 6.07. The fourth-order valence-electron chi connectivity index (χ4n) is 3.34. The highest BCUT2D eigenvalue weighted by atomic mass is 32.2. The van der Waals surface area contributed by atoms with Crippen molar-refractivity contribution in [3.05, 3.63) is 72.1 Å². The maximum Gasteiger partial charge on any atom is 0.234 e. The number of aromatic nitrogens is 3. The topological polar surface area (TPSA) is 78.3 Å². The summed E-state index contributed by atoms with van der Waals surface area (Å²) < 4.78 is 13.4. The third-order valence-electron chi connectivity index (χ3n) is 5.05. The molecule has 0 saturated heterocycles. The Labute approximate surface area is 197 Å². The monoisotopic (exact) mass is 462 g/mol. The largest absolute Gasteiger partial charge is 0.490 e. The van der Waals surface area contributed by atoms with Crippen molar-refractivity contribution in [1.29, 1.82) is 0 Å². The van der Waals surface area contributed by atoms with Crippen LogP contribution >= 0.6 is 11.8 Å². The van der Waals surface area contributed by atoms with E-state index < -0.39 is 0 Å². The zero-order chi connectivity index (χ0) is 23.2. The van der Waals surface area contributed by atoms with Crippen molar-refractivity contribution in [1.82, 2.24) is 14.8 Å². The van der Waals surface area contributed by atoms with Gasteiger partial charge in [0.2, 0.25) is 5.91 Å². The van der Waals surface area contributed by atoms with Crippen LogP contribution in [0.5, 0.6) is 11.5 Å². The Morgan fingerprint density at radius 1 is 1.00 bits per heavy atom. The highest BCUT2D eigenvalue weighted by Crippen LogP contribution is 2.29. The number of nitrogens with one attached hydrogen (secondary N) is 1. The van der Waals surface area contributed by atoms with Crippen LogP contribution in [0, 0.1) is 6.92 Å². The van der Waals surface area contributed by atoms with E-state index in [-0.39, 0.29) is 18.3 Å². The van der Waals surface area contributed by atoms with E-state index in [2.05, 4.69) is 15.5 Å². The van der Waals surface area contributed by atoms with Crippen molar-refractivity contribution in [2.75, 3.05) is 17.7 Å². The molecule has 0 aliphatic rings. The number of carbonyl (C=O) groups excluding carboxylic acids is 1. The van der Waals surface area contributed by atoms with Gasteiger partial charge in [-0.1, -0.05) is 48.2 Å². The summed E-state index contributed by atoms with van der Waals surface area (Å²) in [7, 11) is 1.86. The Bertz CT molecular complexity index is 1270. The summed E-state index contributed by atoms with van der Waals surface area (Å²) in [5.74, 6) is 2.16. The fourth-order valence-corrected chi connectivity index (χ4v) is 4.07. The highest BCUT2D eigenvalue weighted by molar-refractivity contribution is 7.99. The molecule has 4 aromatic rings. The molecule has 7 nitrogen and oxygen atoms in total. The number of anilines is 1. The normalized spacial score (nSPS) is 10.9. The molecule has 1 N–H and O–H groups in total. The van der Waals surface area contributed by atoms with Gasteiger partial charge in [0, 0.05) is 12.7 Å². The number of fused-ring (bicyclic) bond motifs is 1. The van der Waals surface area contributed by atoms with Gasteiger partial charge in [0.15, 0.2) is 22.5 Å². The molecule has 4 rings (SSSR count). The van der Waals surface area contributed by atoms with Crippen molar-refractivity contribution in [2.45, 2.75) is 25.6 Å². The van der Waals surface area contributed by atoms with Gasteiger partial charge in [-0.2, -0.15) is 0 Å². The first-order valence-corrected chi connectivity index (χ1v) is 11.7. The summed E-state index contributed by atoms with van der Waals surface area (Å²) >= 11 is 1.33. The third kappa shape index (κ3) is 5.64. The van der Waals surface area contributed by atoms with Crippen molar-refractivity contribution < 1.29 is 14.3 Å². The summed E-state index contributed by atoms with van der Waals surface area (Å²) in [6.07, 6.45) is 0. The van der Waals surface area contributed by atoms with Crippen LogP contribution in [0.4, 0.5) is 5.69 Å². The summed E-state index contributed by atoms with van der Waals surface area (Å²) in [6.45, 7) is 4.76. The maximum absolute atomic E-state index is 12.4. The van der Waals surface area contributed by atoms with E-state index in [0.717, 1.165) is 22.0 Å². The molecule has 0 saturated carbocycles. The van der Waals surface area contributed by atoms with Gasteiger partial charge in [-0.25, -0.2) is 0 Å². The molecular formula is C25H26N4O3S.